The largest absolute Gasteiger partial charge is 0.433 e. The quantitative estimate of drug-likeness (QED) is 0.809. The summed E-state index contributed by atoms with van der Waals surface area (Å²) in [6, 6.07) is 0.959. The number of rotatable bonds is 4. The van der Waals surface area contributed by atoms with Crippen LogP contribution in [0.25, 0.3) is 0 Å². The second-order valence-corrected chi connectivity index (χ2v) is 7.72. The van der Waals surface area contributed by atoms with Gasteiger partial charge in [-0.15, -0.1) is 5.10 Å². The van der Waals surface area contributed by atoms with Crippen molar-refractivity contribution in [3.63, 3.8) is 0 Å². The molecule has 25 heavy (non-hydrogen) atoms. The zero-order chi connectivity index (χ0) is 18.2. The van der Waals surface area contributed by atoms with Gasteiger partial charge in [0.25, 0.3) is 0 Å². The van der Waals surface area contributed by atoms with Crippen LogP contribution in [0.3, 0.4) is 0 Å². The lowest BCUT2D eigenvalue weighted by molar-refractivity contribution is -0.141. The molecule has 3 rings (SSSR count). The van der Waals surface area contributed by atoms with Gasteiger partial charge in [-0.05, 0) is 31.4 Å². The van der Waals surface area contributed by atoms with Crippen LogP contribution in [0.4, 0.5) is 19.2 Å². The Labute approximate surface area is 141 Å². The summed E-state index contributed by atoms with van der Waals surface area (Å²) in [5.41, 5.74) is -1.18. The van der Waals surface area contributed by atoms with E-state index in [4.69, 9.17) is 4.42 Å². The van der Waals surface area contributed by atoms with E-state index in [0.29, 0.717) is 12.3 Å². The Morgan fingerprint density at radius 3 is 2.52 bits per heavy atom. The van der Waals surface area contributed by atoms with Crippen molar-refractivity contribution >= 4 is 15.9 Å². The molecule has 2 aromatic rings. The van der Waals surface area contributed by atoms with Crippen LogP contribution in [0.15, 0.2) is 21.6 Å². The van der Waals surface area contributed by atoms with Crippen molar-refractivity contribution in [2.75, 3.05) is 18.0 Å². The van der Waals surface area contributed by atoms with E-state index < -0.39 is 27.5 Å². The first-order chi connectivity index (χ1) is 11.7. The molecular weight excluding hydrogens is 361 g/mol. The Bertz CT molecular complexity index is 874. The molecule has 1 fully saturated rings. The SMILES string of the molecule is Cc1cc(C(F)(F)F)ncc1S(=O)(=O)Cc1nnc(N2CCCC2)o1. The molecule has 3 heterocycles. The smallest absolute Gasteiger partial charge is 0.407 e. The first-order valence-corrected chi connectivity index (χ1v) is 9.16. The Morgan fingerprint density at radius 2 is 1.92 bits per heavy atom. The van der Waals surface area contributed by atoms with Crippen LogP contribution in [0, 0.1) is 6.92 Å². The van der Waals surface area contributed by atoms with Gasteiger partial charge in [-0.1, -0.05) is 5.10 Å². The van der Waals surface area contributed by atoms with E-state index in [1.165, 1.54) is 6.92 Å². The molecule has 1 aliphatic heterocycles. The third-order valence-corrected chi connectivity index (χ3v) is 5.56. The number of pyridine rings is 1. The number of nitrogens with zero attached hydrogens (tertiary/aromatic N) is 4. The van der Waals surface area contributed by atoms with E-state index in [0.717, 1.165) is 25.9 Å². The molecule has 0 radical (unpaired) electrons. The molecule has 0 aromatic carbocycles. The average molecular weight is 376 g/mol. The van der Waals surface area contributed by atoms with Crippen LogP contribution in [0.5, 0.6) is 0 Å². The standard InChI is InChI=1S/C14H15F3N4O3S/c1-9-6-11(14(15,16)17)18-7-10(9)25(22,23)8-12-19-20-13(24-12)21-4-2-3-5-21/h6-7H,2-5,8H2,1H3. The Balaban J connectivity index is 1.82. The fourth-order valence-corrected chi connectivity index (χ4v) is 3.96. The van der Waals surface area contributed by atoms with Crippen molar-refractivity contribution in [3.05, 3.63) is 29.4 Å². The number of aromatic nitrogens is 3. The lowest BCUT2D eigenvalue weighted by atomic mass is 10.2. The highest BCUT2D eigenvalue weighted by Crippen LogP contribution is 2.30. The number of hydrogen-bond acceptors (Lipinski definition) is 7. The normalized spacial score (nSPS) is 15.8. The highest BCUT2D eigenvalue weighted by Gasteiger charge is 2.34. The van der Waals surface area contributed by atoms with Gasteiger partial charge in [0, 0.05) is 19.3 Å². The molecule has 0 bridgehead atoms. The van der Waals surface area contributed by atoms with Gasteiger partial charge in [0.05, 0.1) is 4.90 Å². The highest BCUT2D eigenvalue weighted by atomic mass is 32.2. The number of anilines is 1. The molecule has 0 saturated carbocycles. The van der Waals surface area contributed by atoms with Gasteiger partial charge in [-0.2, -0.15) is 13.2 Å². The fourth-order valence-electron chi connectivity index (χ4n) is 2.60. The van der Waals surface area contributed by atoms with E-state index in [9.17, 15) is 21.6 Å². The molecule has 2 aromatic heterocycles. The van der Waals surface area contributed by atoms with Crippen LogP contribution in [0.1, 0.15) is 30.0 Å². The van der Waals surface area contributed by atoms with E-state index >= 15 is 0 Å². The zero-order valence-corrected chi connectivity index (χ0v) is 14.1. The van der Waals surface area contributed by atoms with Gasteiger partial charge in [0.15, 0.2) is 9.84 Å². The van der Waals surface area contributed by atoms with Gasteiger partial charge < -0.3 is 9.32 Å². The van der Waals surface area contributed by atoms with Gasteiger partial charge in [0.2, 0.25) is 5.89 Å². The van der Waals surface area contributed by atoms with Crippen LogP contribution in [-0.4, -0.2) is 36.7 Å². The van der Waals surface area contributed by atoms with Gasteiger partial charge >= 0.3 is 12.2 Å². The zero-order valence-electron chi connectivity index (χ0n) is 13.2. The van der Waals surface area contributed by atoms with E-state index in [1.54, 1.807) is 0 Å². The second-order valence-electron chi connectivity index (χ2n) is 5.76. The molecule has 0 amide bonds. The summed E-state index contributed by atoms with van der Waals surface area (Å²) in [6.07, 6.45) is -1.94. The predicted octanol–water partition coefficient (Wildman–Crippen LogP) is 2.37. The van der Waals surface area contributed by atoms with E-state index in [-0.39, 0.29) is 22.4 Å². The maximum absolute atomic E-state index is 12.6. The number of sulfone groups is 1. The van der Waals surface area contributed by atoms with Crippen LogP contribution in [0.2, 0.25) is 0 Å². The fraction of sp³-hybridized carbons (Fsp3) is 0.500. The average Bonchev–Trinajstić information content (AvgIpc) is 3.16. The molecule has 136 valence electrons. The topological polar surface area (TPSA) is 89.2 Å². The summed E-state index contributed by atoms with van der Waals surface area (Å²) in [5.74, 6) is -0.706. The number of aryl methyl sites for hydroxylation is 1. The van der Waals surface area contributed by atoms with Gasteiger partial charge in [-0.25, -0.2) is 8.42 Å². The molecular formula is C14H15F3N4O3S. The first kappa shape index (κ1) is 17.6. The summed E-state index contributed by atoms with van der Waals surface area (Å²) in [6.45, 7) is 2.81. The molecule has 0 spiro atoms. The minimum atomic E-state index is -4.63. The van der Waals surface area contributed by atoms with Crippen molar-refractivity contribution in [3.8, 4) is 0 Å². The minimum absolute atomic E-state index is 0.0402. The summed E-state index contributed by atoms with van der Waals surface area (Å²) < 4.78 is 68.2. The Kier molecular flexibility index (Phi) is 4.43. The lowest BCUT2D eigenvalue weighted by Gasteiger charge is -2.10. The van der Waals surface area contributed by atoms with Crippen molar-refractivity contribution in [1.82, 2.24) is 15.2 Å². The summed E-state index contributed by atoms with van der Waals surface area (Å²) >= 11 is 0. The Hall–Kier alpha value is -2.17. The number of alkyl halides is 3. The predicted molar refractivity (Wildman–Crippen MR) is 80.6 cm³/mol. The third-order valence-electron chi connectivity index (χ3n) is 3.83. The molecule has 0 N–H and O–H groups in total. The lowest BCUT2D eigenvalue weighted by Crippen LogP contribution is -2.17. The van der Waals surface area contributed by atoms with Gasteiger partial charge in [-0.3, -0.25) is 4.98 Å². The first-order valence-electron chi connectivity index (χ1n) is 7.51. The van der Waals surface area contributed by atoms with Crippen molar-refractivity contribution < 1.29 is 26.0 Å². The van der Waals surface area contributed by atoms with Crippen LogP contribution < -0.4 is 4.90 Å². The molecule has 0 aliphatic carbocycles. The van der Waals surface area contributed by atoms with Crippen LogP contribution in [-0.2, 0) is 21.8 Å². The molecule has 1 saturated heterocycles. The maximum atomic E-state index is 12.6. The Morgan fingerprint density at radius 1 is 1.24 bits per heavy atom. The van der Waals surface area contributed by atoms with E-state index in [2.05, 4.69) is 15.2 Å². The number of halogens is 3. The molecule has 11 heteroatoms. The number of hydrogen-bond donors (Lipinski definition) is 0. The highest BCUT2D eigenvalue weighted by molar-refractivity contribution is 7.90. The van der Waals surface area contributed by atoms with Crippen LogP contribution >= 0.6 is 0 Å². The van der Waals surface area contributed by atoms with E-state index in [1.807, 2.05) is 4.90 Å². The monoisotopic (exact) mass is 376 g/mol. The summed E-state index contributed by atoms with van der Waals surface area (Å²) in [5, 5.41) is 7.55. The second kappa shape index (κ2) is 6.28. The molecule has 7 nitrogen and oxygen atoms in total. The van der Waals surface area contributed by atoms with Crippen molar-refractivity contribution in [2.45, 2.75) is 36.6 Å². The van der Waals surface area contributed by atoms with Crippen molar-refractivity contribution in [2.24, 2.45) is 0 Å². The van der Waals surface area contributed by atoms with Gasteiger partial charge in [0.1, 0.15) is 11.4 Å². The molecule has 1 aliphatic rings. The van der Waals surface area contributed by atoms with Crippen molar-refractivity contribution in [1.29, 1.82) is 0 Å². The minimum Gasteiger partial charge on any atom is -0.407 e. The third kappa shape index (κ3) is 3.75. The molecule has 0 unspecified atom stereocenters. The summed E-state index contributed by atoms with van der Waals surface area (Å²) in [7, 11) is -3.96. The molecule has 0 atom stereocenters. The maximum Gasteiger partial charge on any atom is 0.433 e. The summed E-state index contributed by atoms with van der Waals surface area (Å²) in [4.78, 5) is 4.77.